The summed E-state index contributed by atoms with van der Waals surface area (Å²) in [6.07, 6.45) is 1.96. The molecule has 0 spiro atoms. The van der Waals surface area contributed by atoms with Crippen LogP contribution in [0.1, 0.15) is 20.8 Å². The average Bonchev–Trinajstić information content (AvgIpc) is 2.81. The second-order valence-corrected chi connectivity index (χ2v) is 6.40. The Morgan fingerprint density at radius 3 is 2.71 bits per heavy atom. The van der Waals surface area contributed by atoms with Gasteiger partial charge < -0.3 is 16.4 Å². The van der Waals surface area contributed by atoms with E-state index in [4.69, 9.17) is 5.73 Å². The molecule has 1 amide bonds. The zero-order valence-electron chi connectivity index (χ0n) is 12.3. The summed E-state index contributed by atoms with van der Waals surface area (Å²) < 4.78 is 0. The van der Waals surface area contributed by atoms with Crippen LogP contribution in [0.15, 0.2) is 29.2 Å². The highest BCUT2D eigenvalue weighted by Crippen LogP contribution is 2.41. The zero-order valence-corrected chi connectivity index (χ0v) is 14.0. The predicted molar refractivity (Wildman–Crippen MR) is 92.4 cm³/mol. The van der Waals surface area contributed by atoms with Gasteiger partial charge in [0.25, 0.3) is 5.91 Å². The van der Waals surface area contributed by atoms with Crippen molar-refractivity contribution in [1.29, 1.82) is 0 Å². The minimum atomic E-state index is -0.142. The van der Waals surface area contributed by atoms with Crippen molar-refractivity contribution in [3.05, 3.63) is 40.3 Å². The SMILES string of the molecule is CNC(=O)c1sc(NCc2ccccc2C)c(SC)c1N. The summed E-state index contributed by atoms with van der Waals surface area (Å²) in [6, 6.07) is 8.24. The largest absolute Gasteiger partial charge is 0.396 e. The van der Waals surface area contributed by atoms with E-state index in [1.165, 1.54) is 22.5 Å². The fourth-order valence-electron chi connectivity index (χ4n) is 2.01. The summed E-state index contributed by atoms with van der Waals surface area (Å²) >= 11 is 2.95. The molecular formula is C15H19N3OS2. The van der Waals surface area contributed by atoms with E-state index in [-0.39, 0.29) is 5.91 Å². The molecule has 4 nitrogen and oxygen atoms in total. The van der Waals surface area contributed by atoms with Crippen LogP contribution in [0.4, 0.5) is 10.7 Å². The highest BCUT2D eigenvalue weighted by atomic mass is 32.2. The predicted octanol–water partition coefficient (Wildman–Crippen LogP) is 3.33. The maximum Gasteiger partial charge on any atom is 0.263 e. The Kier molecular flexibility index (Phi) is 5.14. The van der Waals surface area contributed by atoms with Crippen molar-refractivity contribution in [2.45, 2.75) is 18.4 Å². The molecular weight excluding hydrogens is 302 g/mol. The van der Waals surface area contributed by atoms with E-state index in [1.54, 1.807) is 18.8 Å². The third-order valence-electron chi connectivity index (χ3n) is 3.24. The normalized spacial score (nSPS) is 10.4. The molecule has 0 atom stereocenters. The van der Waals surface area contributed by atoms with Gasteiger partial charge in [0.05, 0.1) is 10.6 Å². The van der Waals surface area contributed by atoms with Crippen molar-refractivity contribution >= 4 is 39.7 Å². The van der Waals surface area contributed by atoms with Gasteiger partial charge in [0.2, 0.25) is 0 Å². The van der Waals surface area contributed by atoms with E-state index >= 15 is 0 Å². The first-order valence-electron chi connectivity index (χ1n) is 6.55. The second kappa shape index (κ2) is 6.87. The van der Waals surface area contributed by atoms with Crippen LogP contribution in [-0.2, 0) is 6.54 Å². The Morgan fingerprint density at radius 1 is 1.38 bits per heavy atom. The van der Waals surface area contributed by atoms with Gasteiger partial charge in [-0.05, 0) is 24.3 Å². The van der Waals surface area contributed by atoms with Crippen LogP contribution in [0.5, 0.6) is 0 Å². The van der Waals surface area contributed by atoms with Gasteiger partial charge in [0, 0.05) is 13.6 Å². The topological polar surface area (TPSA) is 67.2 Å². The first-order chi connectivity index (χ1) is 10.1. The Hall–Kier alpha value is -1.66. The molecule has 0 unspecified atom stereocenters. The zero-order chi connectivity index (χ0) is 15.4. The number of anilines is 2. The maximum absolute atomic E-state index is 11.8. The molecule has 0 aliphatic heterocycles. The number of nitrogens with one attached hydrogen (secondary N) is 2. The first-order valence-corrected chi connectivity index (χ1v) is 8.59. The number of carbonyl (C=O) groups excluding carboxylic acids is 1. The Morgan fingerprint density at radius 2 is 2.10 bits per heavy atom. The monoisotopic (exact) mass is 321 g/mol. The Balaban J connectivity index is 2.24. The molecule has 1 aromatic heterocycles. The van der Waals surface area contributed by atoms with Crippen molar-refractivity contribution < 1.29 is 4.79 Å². The Labute approximate surface area is 133 Å². The summed E-state index contributed by atoms with van der Waals surface area (Å²) in [5.74, 6) is -0.142. The summed E-state index contributed by atoms with van der Waals surface area (Å²) in [7, 11) is 1.61. The van der Waals surface area contributed by atoms with Crippen LogP contribution in [0, 0.1) is 6.92 Å². The van der Waals surface area contributed by atoms with Gasteiger partial charge >= 0.3 is 0 Å². The van der Waals surface area contributed by atoms with E-state index in [1.807, 2.05) is 18.4 Å². The number of hydrogen-bond donors (Lipinski definition) is 3. The van der Waals surface area contributed by atoms with E-state index in [2.05, 4.69) is 29.7 Å². The molecule has 112 valence electrons. The fraction of sp³-hybridized carbons (Fsp3) is 0.267. The highest BCUT2D eigenvalue weighted by Gasteiger charge is 2.19. The van der Waals surface area contributed by atoms with Gasteiger partial charge in [0.15, 0.2) is 0 Å². The van der Waals surface area contributed by atoms with Crippen molar-refractivity contribution in [3.63, 3.8) is 0 Å². The number of aryl methyl sites for hydroxylation is 1. The number of benzene rings is 1. The van der Waals surface area contributed by atoms with Crippen LogP contribution < -0.4 is 16.4 Å². The number of nitrogen functional groups attached to an aromatic ring is 1. The molecule has 0 saturated carbocycles. The number of hydrogen-bond acceptors (Lipinski definition) is 5. The fourth-order valence-corrected chi connectivity index (χ4v) is 3.99. The molecule has 0 fully saturated rings. The lowest BCUT2D eigenvalue weighted by Gasteiger charge is -2.08. The van der Waals surface area contributed by atoms with Gasteiger partial charge in [0.1, 0.15) is 9.88 Å². The van der Waals surface area contributed by atoms with Crippen molar-refractivity contribution in [2.24, 2.45) is 0 Å². The van der Waals surface area contributed by atoms with Crippen LogP contribution in [0.25, 0.3) is 0 Å². The molecule has 0 radical (unpaired) electrons. The standard InChI is InChI=1S/C15H19N3OS2/c1-9-6-4-5-7-10(9)8-18-15-13(20-3)11(16)12(21-15)14(19)17-2/h4-7,18H,8,16H2,1-3H3,(H,17,19). The molecule has 2 aromatic rings. The van der Waals surface area contributed by atoms with Gasteiger partial charge in [-0.3, -0.25) is 4.79 Å². The maximum atomic E-state index is 11.8. The van der Waals surface area contributed by atoms with Crippen molar-refractivity contribution in [3.8, 4) is 0 Å². The number of rotatable bonds is 5. The van der Waals surface area contributed by atoms with Gasteiger partial charge in [-0.15, -0.1) is 23.1 Å². The molecule has 0 bridgehead atoms. The van der Waals surface area contributed by atoms with E-state index in [0.717, 1.165) is 9.90 Å². The van der Waals surface area contributed by atoms with Crippen LogP contribution in [0.3, 0.4) is 0 Å². The smallest absolute Gasteiger partial charge is 0.263 e. The highest BCUT2D eigenvalue weighted by molar-refractivity contribution is 7.99. The molecule has 2 rings (SSSR count). The molecule has 1 aromatic carbocycles. The minimum Gasteiger partial charge on any atom is -0.396 e. The van der Waals surface area contributed by atoms with Crippen LogP contribution >= 0.6 is 23.1 Å². The number of thioether (sulfide) groups is 1. The molecule has 1 heterocycles. The first kappa shape index (κ1) is 15.7. The lowest BCUT2D eigenvalue weighted by molar-refractivity contribution is 0.0968. The third-order valence-corrected chi connectivity index (χ3v) is 5.36. The van der Waals surface area contributed by atoms with Crippen molar-refractivity contribution in [1.82, 2.24) is 5.32 Å². The van der Waals surface area contributed by atoms with E-state index in [0.29, 0.717) is 17.1 Å². The summed E-state index contributed by atoms with van der Waals surface area (Å²) in [4.78, 5) is 13.3. The molecule has 0 saturated heterocycles. The lowest BCUT2D eigenvalue weighted by atomic mass is 10.1. The van der Waals surface area contributed by atoms with E-state index < -0.39 is 0 Å². The number of carbonyl (C=O) groups is 1. The quantitative estimate of drug-likeness (QED) is 0.739. The molecule has 0 aliphatic carbocycles. The van der Waals surface area contributed by atoms with Gasteiger partial charge in [-0.25, -0.2) is 0 Å². The summed E-state index contributed by atoms with van der Waals surface area (Å²) in [5.41, 5.74) is 9.11. The molecule has 0 aliphatic rings. The van der Waals surface area contributed by atoms with Gasteiger partial charge in [-0.2, -0.15) is 0 Å². The number of thiophene rings is 1. The minimum absolute atomic E-state index is 0.142. The summed E-state index contributed by atoms with van der Waals surface area (Å²) in [5, 5.41) is 6.97. The molecule has 6 heteroatoms. The van der Waals surface area contributed by atoms with Gasteiger partial charge in [-0.1, -0.05) is 24.3 Å². The third kappa shape index (κ3) is 3.33. The van der Waals surface area contributed by atoms with Crippen molar-refractivity contribution in [2.75, 3.05) is 24.4 Å². The van der Waals surface area contributed by atoms with Crippen LogP contribution in [-0.4, -0.2) is 19.2 Å². The average molecular weight is 321 g/mol. The number of nitrogens with two attached hydrogens (primary N) is 1. The molecule has 21 heavy (non-hydrogen) atoms. The number of amides is 1. The van der Waals surface area contributed by atoms with Crippen LogP contribution in [0.2, 0.25) is 0 Å². The summed E-state index contributed by atoms with van der Waals surface area (Å²) in [6.45, 7) is 2.80. The molecule has 4 N–H and O–H groups in total. The Bertz CT molecular complexity index is 652. The lowest BCUT2D eigenvalue weighted by Crippen LogP contribution is -2.17. The second-order valence-electron chi connectivity index (χ2n) is 4.57. The van der Waals surface area contributed by atoms with E-state index in [9.17, 15) is 4.79 Å².